The Hall–Kier alpha value is -1.72. The molecule has 2 aliphatic rings. The van der Waals surface area contributed by atoms with Crippen LogP contribution in [-0.4, -0.2) is 18.4 Å². The van der Waals surface area contributed by atoms with E-state index in [0.717, 1.165) is 31.2 Å². The van der Waals surface area contributed by atoms with Gasteiger partial charge < -0.3 is 9.47 Å². The maximum atomic E-state index is 12.1. The molecule has 1 aliphatic carbocycles. The van der Waals surface area contributed by atoms with E-state index >= 15 is 0 Å². The minimum absolute atomic E-state index is 0.0796. The average Bonchev–Trinajstić information content (AvgIpc) is 2.43. The van der Waals surface area contributed by atoms with E-state index in [1.54, 1.807) is 12.1 Å². The largest absolute Gasteiger partial charge is 0.573 e. The molecule has 22 heavy (non-hydrogen) atoms. The maximum absolute atomic E-state index is 12.1. The molecular formula is C16H17F3O3. The number of hydrogen-bond acceptors (Lipinski definition) is 3. The summed E-state index contributed by atoms with van der Waals surface area (Å²) in [5.74, 6) is 0.479. The van der Waals surface area contributed by atoms with E-state index in [2.05, 4.69) is 4.74 Å². The van der Waals surface area contributed by atoms with Crippen LogP contribution in [0.15, 0.2) is 24.3 Å². The summed E-state index contributed by atoms with van der Waals surface area (Å²) in [6.07, 6.45) is -0.127. The van der Waals surface area contributed by atoms with E-state index in [-0.39, 0.29) is 17.8 Å². The summed E-state index contributed by atoms with van der Waals surface area (Å²) in [5.41, 5.74) is 1.04. The fourth-order valence-electron chi connectivity index (χ4n) is 3.35. The van der Waals surface area contributed by atoms with E-state index in [1.807, 2.05) is 0 Å². The lowest BCUT2D eigenvalue weighted by Gasteiger charge is -2.37. The first-order chi connectivity index (χ1) is 10.4. The van der Waals surface area contributed by atoms with Crippen LogP contribution in [0.3, 0.4) is 0 Å². The summed E-state index contributed by atoms with van der Waals surface area (Å²) < 4.78 is 45.4. The minimum atomic E-state index is -4.65. The first-order valence-corrected chi connectivity index (χ1v) is 7.46. The molecule has 6 heteroatoms. The van der Waals surface area contributed by atoms with Crippen LogP contribution in [0.2, 0.25) is 0 Å². The minimum Gasteiger partial charge on any atom is -0.461 e. The van der Waals surface area contributed by atoms with E-state index in [4.69, 9.17) is 4.74 Å². The molecule has 1 atom stereocenters. The summed E-state index contributed by atoms with van der Waals surface area (Å²) >= 11 is 0. The fraction of sp³-hybridized carbons (Fsp3) is 0.562. The van der Waals surface area contributed by atoms with Crippen molar-refractivity contribution in [3.05, 3.63) is 29.8 Å². The van der Waals surface area contributed by atoms with Crippen LogP contribution in [0, 0.1) is 5.92 Å². The topological polar surface area (TPSA) is 35.5 Å². The SMILES string of the molecule is O=C1CC(C2CCC(c3ccc(OC(F)(F)F)cc3)CC2)O1. The molecule has 0 spiro atoms. The van der Waals surface area contributed by atoms with Gasteiger partial charge in [0.05, 0.1) is 6.42 Å². The smallest absolute Gasteiger partial charge is 0.461 e. The van der Waals surface area contributed by atoms with Gasteiger partial charge in [-0.3, -0.25) is 4.79 Å². The third-order valence-electron chi connectivity index (χ3n) is 4.53. The third-order valence-corrected chi connectivity index (χ3v) is 4.53. The lowest BCUT2D eigenvalue weighted by Crippen LogP contribution is -2.40. The van der Waals surface area contributed by atoms with Crippen LogP contribution >= 0.6 is 0 Å². The normalized spacial score (nSPS) is 28.7. The van der Waals surface area contributed by atoms with Crippen LogP contribution in [0.1, 0.15) is 43.6 Å². The summed E-state index contributed by atoms with van der Waals surface area (Å²) in [4.78, 5) is 10.9. The molecule has 1 heterocycles. The first kappa shape index (κ1) is 15.2. The number of alkyl halides is 3. The molecule has 3 rings (SSSR count). The summed E-state index contributed by atoms with van der Waals surface area (Å²) in [6.45, 7) is 0. The Morgan fingerprint density at radius 3 is 2.14 bits per heavy atom. The molecule has 0 radical (unpaired) electrons. The Bertz CT molecular complexity index is 523. The van der Waals surface area contributed by atoms with Gasteiger partial charge in [0.1, 0.15) is 11.9 Å². The van der Waals surface area contributed by atoms with Crippen LogP contribution < -0.4 is 4.74 Å². The number of carbonyl (C=O) groups excluding carboxylic acids is 1. The van der Waals surface area contributed by atoms with Crippen molar-refractivity contribution < 1.29 is 27.4 Å². The van der Waals surface area contributed by atoms with Crippen molar-refractivity contribution in [2.75, 3.05) is 0 Å². The standard InChI is InChI=1S/C16H17F3O3/c17-16(18,19)22-13-7-5-11(6-8-13)10-1-3-12(4-2-10)14-9-15(20)21-14/h5-8,10,12,14H,1-4,9H2. The molecule has 0 amide bonds. The molecule has 0 N–H and O–H groups in total. The second-order valence-electron chi connectivity index (χ2n) is 5.96. The van der Waals surface area contributed by atoms with Crippen LogP contribution in [0.5, 0.6) is 5.75 Å². The van der Waals surface area contributed by atoms with Crippen LogP contribution in [0.25, 0.3) is 0 Å². The van der Waals surface area contributed by atoms with Gasteiger partial charge in [0.2, 0.25) is 0 Å². The number of cyclic esters (lactones) is 1. The predicted molar refractivity (Wildman–Crippen MR) is 72.3 cm³/mol. The second-order valence-corrected chi connectivity index (χ2v) is 5.96. The number of ether oxygens (including phenoxy) is 2. The molecule has 1 aromatic carbocycles. The summed E-state index contributed by atoms with van der Waals surface area (Å²) in [7, 11) is 0. The third kappa shape index (κ3) is 3.54. The number of halogens is 3. The number of carbonyl (C=O) groups is 1. The van der Waals surface area contributed by atoms with Crippen LogP contribution in [-0.2, 0) is 9.53 Å². The quantitative estimate of drug-likeness (QED) is 0.785. The predicted octanol–water partition coefficient (Wildman–Crippen LogP) is 4.17. The van der Waals surface area contributed by atoms with Gasteiger partial charge in [-0.2, -0.15) is 0 Å². The van der Waals surface area contributed by atoms with Crippen molar-refractivity contribution in [1.82, 2.24) is 0 Å². The molecule has 1 saturated carbocycles. The Kier molecular flexibility index (Phi) is 4.02. The Balaban J connectivity index is 1.53. The summed E-state index contributed by atoms with van der Waals surface area (Å²) in [6, 6.07) is 6.14. The van der Waals surface area contributed by atoms with E-state index < -0.39 is 6.36 Å². The highest BCUT2D eigenvalue weighted by molar-refractivity contribution is 5.75. The summed E-state index contributed by atoms with van der Waals surface area (Å²) in [5, 5.41) is 0. The zero-order valence-corrected chi connectivity index (χ0v) is 11.9. The van der Waals surface area contributed by atoms with Crippen LogP contribution in [0.4, 0.5) is 13.2 Å². The Labute approximate surface area is 126 Å². The number of rotatable bonds is 3. The maximum Gasteiger partial charge on any atom is 0.573 e. The lowest BCUT2D eigenvalue weighted by atomic mass is 9.75. The zero-order chi connectivity index (χ0) is 15.7. The van der Waals surface area contributed by atoms with Crippen molar-refractivity contribution in [2.45, 2.75) is 50.5 Å². The molecule has 120 valence electrons. The van der Waals surface area contributed by atoms with Gasteiger partial charge in [-0.1, -0.05) is 12.1 Å². The molecule has 3 nitrogen and oxygen atoms in total. The van der Waals surface area contributed by atoms with Crippen molar-refractivity contribution in [3.8, 4) is 5.75 Å². The number of benzene rings is 1. The van der Waals surface area contributed by atoms with Crippen molar-refractivity contribution in [1.29, 1.82) is 0 Å². The average molecular weight is 314 g/mol. The molecule has 0 aromatic heterocycles. The second kappa shape index (κ2) is 5.82. The molecule has 1 aliphatic heterocycles. The van der Waals surface area contributed by atoms with Gasteiger partial charge in [0.25, 0.3) is 0 Å². The number of esters is 1. The van der Waals surface area contributed by atoms with Gasteiger partial charge in [-0.25, -0.2) is 0 Å². The van der Waals surface area contributed by atoms with Gasteiger partial charge in [-0.05, 0) is 55.2 Å². The lowest BCUT2D eigenvalue weighted by molar-refractivity contribution is -0.274. The van der Waals surface area contributed by atoms with E-state index in [9.17, 15) is 18.0 Å². The molecule has 1 unspecified atom stereocenters. The monoisotopic (exact) mass is 314 g/mol. The fourth-order valence-corrected chi connectivity index (χ4v) is 3.35. The van der Waals surface area contributed by atoms with Gasteiger partial charge in [0.15, 0.2) is 0 Å². The van der Waals surface area contributed by atoms with Gasteiger partial charge in [-0.15, -0.1) is 13.2 Å². The highest BCUT2D eigenvalue weighted by Gasteiger charge is 2.37. The Morgan fingerprint density at radius 1 is 1.05 bits per heavy atom. The van der Waals surface area contributed by atoms with Crippen molar-refractivity contribution in [3.63, 3.8) is 0 Å². The molecule has 1 aromatic rings. The Morgan fingerprint density at radius 2 is 1.64 bits per heavy atom. The zero-order valence-electron chi connectivity index (χ0n) is 11.9. The van der Waals surface area contributed by atoms with E-state index in [1.165, 1.54) is 12.1 Å². The van der Waals surface area contributed by atoms with Crippen molar-refractivity contribution >= 4 is 5.97 Å². The molecular weight excluding hydrogens is 297 g/mol. The molecule has 1 saturated heterocycles. The highest BCUT2D eigenvalue weighted by atomic mass is 19.4. The molecule has 0 bridgehead atoms. The van der Waals surface area contributed by atoms with Gasteiger partial charge >= 0.3 is 12.3 Å². The number of hydrogen-bond donors (Lipinski definition) is 0. The van der Waals surface area contributed by atoms with Gasteiger partial charge in [0, 0.05) is 0 Å². The van der Waals surface area contributed by atoms with Crippen molar-refractivity contribution in [2.24, 2.45) is 5.92 Å². The first-order valence-electron chi connectivity index (χ1n) is 7.46. The highest BCUT2D eigenvalue weighted by Crippen LogP contribution is 2.40. The van der Waals surface area contributed by atoms with E-state index in [0.29, 0.717) is 18.3 Å². The molecule has 2 fully saturated rings.